The van der Waals surface area contributed by atoms with E-state index in [0.29, 0.717) is 26.0 Å². The van der Waals surface area contributed by atoms with Crippen molar-refractivity contribution < 1.29 is 21.6 Å². The Labute approximate surface area is 108 Å². The van der Waals surface area contributed by atoms with Crippen LogP contribution in [0.1, 0.15) is 12.8 Å². The van der Waals surface area contributed by atoms with Crippen LogP contribution in [0.5, 0.6) is 0 Å². The van der Waals surface area contributed by atoms with Crippen molar-refractivity contribution in [3.63, 3.8) is 0 Å². The molecule has 0 saturated carbocycles. The van der Waals surface area contributed by atoms with Gasteiger partial charge in [-0.1, -0.05) is 0 Å². The highest BCUT2D eigenvalue weighted by Gasteiger charge is 2.29. The minimum Gasteiger partial charge on any atom is -0.376 e. The van der Waals surface area contributed by atoms with Crippen LogP contribution in [0.2, 0.25) is 0 Å². The van der Waals surface area contributed by atoms with Gasteiger partial charge in [0.25, 0.3) is 0 Å². The lowest BCUT2D eigenvalue weighted by Crippen LogP contribution is -2.33. The molecule has 18 heavy (non-hydrogen) atoms. The summed E-state index contributed by atoms with van der Waals surface area (Å²) in [6.07, 6.45) is 1.03. The third-order valence-corrected chi connectivity index (χ3v) is 6.82. The van der Waals surface area contributed by atoms with Gasteiger partial charge in [0.1, 0.15) is 0 Å². The standard InChI is InChI=1S/C10H19NO5S2/c12-17(13)5-1-9(7-17)11-3-4-16-10-2-6-18(14,15)8-10/h9-11H,1-8H2/t9-,10-/m1/s1. The first-order valence-corrected chi connectivity index (χ1v) is 9.76. The van der Waals surface area contributed by atoms with Gasteiger partial charge in [-0.15, -0.1) is 0 Å². The van der Waals surface area contributed by atoms with Crippen molar-refractivity contribution in [3.8, 4) is 0 Å². The highest BCUT2D eigenvalue weighted by Crippen LogP contribution is 2.14. The van der Waals surface area contributed by atoms with Gasteiger partial charge >= 0.3 is 0 Å². The number of ether oxygens (including phenoxy) is 1. The molecule has 2 atom stereocenters. The summed E-state index contributed by atoms with van der Waals surface area (Å²) in [6.45, 7) is 0.994. The van der Waals surface area contributed by atoms with E-state index in [2.05, 4.69) is 5.32 Å². The second-order valence-electron chi connectivity index (χ2n) is 4.95. The highest BCUT2D eigenvalue weighted by molar-refractivity contribution is 7.91. The lowest BCUT2D eigenvalue weighted by atomic mass is 10.3. The largest absolute Gasteiger partial charge is 0.376 e. The summed E-state index contributed by atoms with van der Waals surface area (Å²) in [6, 6.07) is 0.0194. The maximum absolute atomic E-state index is 11.2. The molecule has 8 heteroatoms. The lowest BCUT2D eigenvalue weighted by Gasteiger charge is -2.13. The Bertz CT molecular complexity index is 438. The van der Waals surface area contributed by atoms with Crippen LogP contribution in [0.4, 0.5) is 0 Å². The van der Waals surface area contributed by atoms with Gasteiger partial charge in [0, 0.05) is 12.6 Å². The van der Waals surface area contributed by atoms with E-state index in [4.69, 9.17) is 4.74 Å². The Hall–Kier alpha value is -0.180. The van der Waals surface area contributed by atoms with Crippen molar-refractivity contribution in [3.05, 3.63) is 0 Å². The van der Waals surface area contributed by atoms with Crippen LogP contribution in [-0.2, 0) is 24.4 Å². The average Bonchev–Trinajstić information content (AvgIpc) is 2.76. The van der Waals surface area contributed by atoms with Crippen molar-refractivity contribution >= 4 is 19.7 Å². The van der Waals surface area contributed by atoms with Gasteiger partial charge in [0.05, 0.1) is 35.7 Å². The summed E-state index contributed by atoms with van der Waals surface area (Å²) in [7, 11) is -5.73. The number of rotatable bonds is 5. The van der Waals surface area contributed by atoms with Gasteiger partial charge in [-0.2, -0.15) is 0 Å². The van der Waals surface area contributed by atoms with E-state index in [1.807, 2.05) is 0 Å². The van der Waals surface area contributed by atoms with E-state index in [0.717, 1.165) is 0 Å². The molecule has 0 aromatic heterocycles. The third-order valence-electron chi connectivity index (χ3n) is 3.31. The van der Waals surface area contributed by atoms with Crippen LogP contribution >= 0.6 is 0 Å². The average molecular weight is 297 g/mol. The van der Waals surface area contributed by atoms with Gasteiger partial charge in [-0.25, -0.2) is 16.8 Å². The van der Waals surface area contributed by atoms with Crippen molar-refractivity contribution in [2.75, 3.05) is 36.2 Å². The van der Waals surface area contributed by atoms with Crippen molar-refractivity contribution in [1.29, 1.82) is 0 Å². The van der Waals surface area contributed by atoms with Crippen LogP contribution in [0.25, 0.3) is 0 Å². The molecule has 0 aromatic carbocycles. The zero-order valence-electron chi connectivity index (χ0n) is 10.2. The number of hydrogen-bond acceptors (Lipinski definition) is 6. The lowest BCUT2D eigenvalue weighted by molar-refractivity contribution is 0.0719. The van der Waals surface area contributed by atoms with Gasteiger partial charge in [-0.05, 0) is 12.8 Å². The summed E-state index contributed by atoms with van der Waals surface area (Å²) in [5.74, 6) is 0.786. The summed E-state index contributed by atoms with van der Waals surface area (Å²) in [5.41, 5.74) is 0. The molecule has 0 spiro atoms. The zero-order valence-corrected chi connectivity index (χ0v) is 11.8. The Kier molecular flexibility index (Phi) is 4.30. The van der Waals surface area contributed by atoms with Crippen LogP contribution < -0.4 is 5.32 Å². The summed E-state index contributed by atoms with van der Waals surface area (Å²) in [5, 5.41) is 3.13. The van der Waals surface area contributed by atoms with E-state index in [9.17, 15) is 16.8 Å². The molecule has 0 aliphatic carbocycles. The minimum absolute atomic E-state index is 0.0194. The van der Waals surface area contributed by atoms with Crippen LogP contribution in [-0.4, -0.2) is 65.1 Å². The van der Waals surface area contributed by atoms with Crippen LogP contribution in [0.3, 0.4) is 0 Å². The van der Waals surface area contributed by atoms with Gasteiger partial charge < -0.3 is 10.1 Å². The van der Waals surface area contributed by atoms with E-state index in [-0.39, 0.29) is 35.2 Å². The number of hydrogen-bond donors (Lipinski definition) is 1. The Morgan fingerprint density at radius 1 is 1.00 bits per heavy atom. The molecule has 0 amide bonds. The predicted molar refractivity (Wildman–Crippen MR) is 68.1 cm³/mol. The fourth-order valence-electron chi connectivity index (χ4n) is 2.34. The molecule has 2 fully saturated rings. The van der Waals surface area contributed by atoms with Gasteiger partial charge in [0.2, 0.25) is 0 Å². The number of nitrogens with one attached hydrogen (secondary N) is 1. The van der Waals surface area contributed by atoms with Crippen LogP contribution in [0.15, 0.2) is 0 Å². The highest BCUT2D eigenvalue weighted by atomic mass is 32.2. The Balaban J connectivity index is 1.60. The minimum atomic E-state index is -2.89. The molecular weight excluding hydrogens is 278 g/mol. The van der Waals surface area contributed by atoms with E-state index < -0.39 is 19.7 Å². The predicted octanol–water partition coefficient (Wildman–Crippen LogP) is -1.03. The molecule has 0 radical (unpaired) electrons. The second kappa shape index (κ2) is 5.44. The Morgan fingerprint density at radius 3 is 2.22 bits per heavy atom. The van der Waals surface area contributed by atoms with E-state index in [1.54, 1.807) is 0 Å². The monoisotopic (exact) mass is 297 g/mol. The third kappa shape index (κ3) is 4.18. The van der Waals surface area contributed by atoms with Crippen molar-refractivity contribution in [1.82, 2.24) is 5.32 Å². The molecule has 1 N–H and O–H groups in total. The summed E-state index contributed by atoms with van der Waals surface area (Å²) in [4.78, 5) is 0. The zero-order chi connectivity index (χ0) is 13.2. The molecule has 0 unspecified atom stereocenters. The molecule has 2 saturated heterocycles. The van der Waals surface area contributed by atoms with E-state index in [1.165, 1.54) is 0 Å². The van der Waals surface area contributed by atoms with Gasteiger partial charge in [-0.3, -0.25) is 0 Å². The first kappa shape index (κ1) is 14.2. The first-order valence-electron chi connectivity index (χ1n) is 6.12. The maximum Gasteiger partial charge on any atom is 0.152 e. The molecule has 0 bridgehead atoms. The normalized spacial score (nSPS) is 33.8. The fourth-order valence-corrected chi connectivity index (χ4v) is 5.66. The van der Waals surface area contributed by atoms with Crippen LogP contribution in [0, 0.1) is 0 Å². The fraction of sp³-hybridized carbons (Fsp3) is 1.00. The van der Waals surface area contributed by atoms with E-state index >= 15 is 0 Å². The molecule has 0 aromatic rings. The summed E-state index contributed by atoms with van der Waals surface area (Å²) >= 11 is 0. The quantitative estimate of drug-likeness (QED) is 0.653. The molecule has 2 aliphatic rings. The first-order chi connectivity index (χ1) is 8.36. The van der Waals surface area contributed by atoms with Gasteiger partial charge in [0.15, 0.2) is 19.7 Å². The molecular formula is C10H19NO5S2. The molecule has 2 rings (SSSR count). The summed E-state index contributed by atoms with van der Waals surface area (Å²) < 4.78 is 50.3. The van der Waals surface area contributed by atoms with Crippen molar-refractivity contribution in [2.24, 2.45) is 0 Å². The molecule has 106 valence electrons. The molecule has 6 nitrogen and oxygen atoms in total. The molecule has 2 aliphatic heterocycles. The molecule has 2 heterocycles. The maximum atomic E-state index is 11.2. The second-order valence-corrected chi connectivity index (χ2v) is 9.41. The smallest absolute Gasteiger partial charge is 0.152 e. The number of sulfone groups is 2. The SMILES string of the molecule is O=S1(=O)CC[C@@H](NCCO[C@@H]2CCS(=O)(=O)C2)C1. The topological polar surface area (TPSA) is 89.5 Å². The van der Waals surface area contributed by atoms with Crippen molar-refractivity contribution in [2.45, 2.75) is 25.0 Å². The Morgan fingerprint density at radius 2 is 1.67 bits per heavy atom.